The van der Waals surface area contributed by atoms with E-state index in [0.29, 0.717) is 19.8 Å². The third kappa shape index (κ3) is 4.96. The van der Waals surface area contributed by atoms with Crippen molar-refractivity contribution in [2.75, 3.05) is 26.3 Å². The molecule has 5 nitrogen and oxygen atoms in total. The summed E-state index contributed by atoms with van der Waals surface area (Å²) in [6.07, 6.45) is 5.04. The van der Waals surface area contributed by atoms with Gasteiger partial charge in [0.2, 0.25) is 5.91 Å². The maximum Gasteiger partial charge on any atom is 0.234 e. The van der Waals surface area contributed by atoms with E-state index >= 15 is 0 Å². The molecule has 0 aromatic heterocycles. The molecule has 1 N–H and O–H groups in total. The molecule has 0 bridgehead atoms. The molecule has 1 amide bonds. The van der Waals surface area contributed by atoms with Crippen molar-refractivity contribution in [3.63, 3.8) is 0 Å². The van der Waals surface area contributed by atoms with Gasteiger partial charge in [0.25, 0.3) is 0 Å². The van der Waals surface area contributed by atoms with Crippen molar-refractivity contribution in [1.29, 1.82) is 0 Å². The summed E-state index contributed by atoms with van der Waals surface area (Å²) >= 11 is 0. The molecule has 0 radical (unpaired) electrons. The van der Waals surface area contributed by atoms with Gasteiger partial charge in [0, 0.05) is 12.5 Å². The van der Waals surface area contributed by atoms with Gasteiger partial charge in [-0.2, -0.15) is 0 Å². The normalized spacial score (nSPS) is 19.8. The van der Waals surface area contributed by atoms with Crippen LogP contribution in [0, 0.1) is 0 Å². The molecule has 2 aromatic carbocycles. The molecule has 160 valence electrons. The third-order valence-electron chi connectivity index (χ3n) is 5.98. The van der Waals surface area contributed by atoms with Crippen LogP contribution in [0.3, 0.4) is 0 Å². The lowest BCUT2D eigenvalue weighted by molar-refractivity contribution is -0.123. The number of carbonyl (C=O) groups excluding carboxylic acids is 1. The van der Waals surface area contributed by atoms with Crippen LogP contribution in [-0.2, 0) is 4.79 Å². The number of hydrogen-bond donors (Lipinski definition) is 1. The third-order valence-corrected chi connectivity index (χ3v) is 5.98. The molecule has 4 rings (SSSR count). The van der Waals surface area contributed by atoms with Gasteiger partial charge >= 0.3 is 0 Å². The minimum atomic E-state index is 0.0720. The number of nitrogens with zero attached hydrogens (tertiary/aromatic N) is 1. The maximum absolute atomic E-state index is 12.9. The van der Waals surface area contributed by atoms with E-state index in [1.54, 1.807) is 0 Å². The molecule has 5 heteroatoms. The minimum absolute atomic E-state index is 0.0720. The fraction of sp³-hybridized carbons (Fsp3) is 0.480. The first-order valence-electron chi connectivity index (χ1n) is 11.2. The van der Waals surface area contributed by atoms with E-state index in [1.807, 2.05) is 24.3 Å². The summed E-state index contributed by atoms with van der Waals surface area (Å²) in [4.78, 5) is 15.2. The average Bonchev–Trinajstić information content (AvgIpc) is 3.09. The topological polar surface area (TPSA) is 50.8 Å². The summed E-state index contributed by atoms with van der Waals surface area (Å²) < 4.78 is 11.6. The number of likely N-dealkylation sites (tertiary alicyclic amines) is 1. The van der Waals surface area contributed by atoms with E-state index in [0.717, 1.165) is 50.1 Å². The minimum Gasteiger partial charge on any atom is -0.490 e. The zero-order valence-corrected chi connectivity index (χ0v) is 17.8. The molecule has 2 aliphatic heterocycles. The predicted molar refractivity (Wildman–Crippen MR) is 118 cm³/mol. The quantitative estimate of drug-likeness (QED) is 0.725. The first-order chi connectivity index (χ1) is 14.7. The van der Waals surface area contributed by atoms with Crippen molar-refractivity contribution in [3.05, 3.63) is 59.7 Å². The second-order valence-electron chi connectivity index (χ2n) is 8.20. The molecular weight excluding hydrogens is 376 g/mol. The van der Waals surface area contributed by atoms with E-state index in [9.17, 15) is 4.79 Å². The van der Waals surface area contributed by atoms with Crippen molar-refractivity contribution in [3.8, 4) is 11.5 Å². The monoisotopic (exact) mass is 408 g/mol. The van der Waals surface area contributed by atoms with Gasteiger partial charge in [0.1, 0.15) is 0 Å². The first kappa shape index (κ1) is 20.7. The van der Waals surface area contributed by atoms with Gasteiger partial charge in [-0.3, -0.25) is 9.69 Å². The zero-order chi connectivity index (χ0) is 20.8. The summed E-state index contributed by atoms with van der Waals surface area (Å²) in [5.74, 6) is 1.75. The Bertz CT molecular complexity index is 840. The Morgan fingerprint density at radius 1 is 1.10 bits per heavy atom. The molecule has 2 atom stereocenters. The summed E-state index contributed by atoms with van der Waals surface area (Å²) in [6, 6.07) is 16.8. The average molecular weight is 409 g/mol. The van der Waals surface area contributed by atoms with Crippen LogP contribution < -0.4 is 14.8 Å². The molecular formula is C25H32N2O3. The van der Waals surface area contributed by atoms with Gasteiger partial charge < -0.3 is 14.8 Å². The van der Waals surface area contributed by atoms with E-state index < -0.39 is 0 Å². The highest BCUT2D eigenvalue weighted by Gasteiger charge is 2.29. The van der Waals surface area contributed by atoms with Crippen molar-refractivity contribution in [1.82, 2.24) is 10.2 Å². The molecule has 2 aromatic rings. The Kier molecular flexibility index (Phi) is 6.90. The molecule has 0 unspecified atom stereocenters. The van der Waals surface area contributed by atoms with Crippen LogP contribution in [0.25, 0.3) is 0 Å². The van der Waals surface area contributed by atoms with Gasteiger partial charge in [0.05, 0.1) is 25.8 Å². The van der Waals surface area contributed by atoms with Crippen LogP contribution in [0.5, 0.6) is 11.5 Å². The highest BCUT2D eigenvalue weighted by atomic mass is 16.5. The molecule has 0 aliphatic carbocycles. The standard InChI is InChI=1S/C25H32N2O3/c1-2-8-21(19-9-4-3-5-10-19)26-25(28)18-27-14-6-11-22(27)20-12-13-23-24(17-20)30-16-7-15-29-23/h3-5,9-10,12-13,17,21-22H,2,6-8,11,14-16,18H2,1H3,(H,26,28)/t21-,22-/m1/s1. The fourth-order valence-electron chi connectivity index (χ4n) is 4.50. The number of hydrogen-bond acceptors (Lipinski definition) is 4. The van der Waals surface area contributed by atoms with E-state index in [1.165, 1.54) is 11.1 Å². The number of nitrogens with one attached hydrogen (secondary N) is 1. The summed E-state index contributed by atoms with van der Waals surface area (Å²) in [5, 5.41) is 3.27. The van der Waals surface area contributed by atoms with Crippen LogP contribution in [0.15, 0.2) is 48.5 Å². The Hall–Kier alpha value is -2.53. The predicted octanol–water partition coefficient (Wildman–Crippen LogP) is 4.64. The Morgan fingerprint density at radius 3 is 2.70 bits per heavy atom. The van der Waals surface area contributed by atoms with Crippen LogP contribution >= 0.6 is 0 Å². The van der Waals surface area contributed by atoms with Crippen LogP contribution in [0.4, 0.5) is 0 Å². The molecule has 0 spiro atoms. The van der Waals surface area contributed by atoms with Crippen molar-refractivity contribution in [2.45, 2.75) is 51.1 Å². The second-order valence-corrected chi connectivity index (χ2v) is 8.20. The molecule has 0 saturated carbocycles. The second kappa shape index (κ2) is 9.98. The summed E-state index contributed by atoms with van der Waals surface area (Å²) in [6.45, 7) is 4.90. The van der Waals surface area contributed by atoms with Crippen LogP contribution in [-0.4, -0.2) is 37.1 Å². The molecule has 30 heavy (non-hydrogen) atoms. The largest absolute Gasteiger partial charge is 0.490 e. The van der Waals surface area contributed by atoms with Crippen molar-refractivity contribution in [2.24, 2.45) is 0 Å². The summed E-state index contributed by atoms with van der Waals surface area (Å²) in [7, 11) is 0. The van der Waals surface area contributed by atoms with Crippen LogP contribution in [0.2, 0.25) is 0 Å². The van der Waals surface area contributed by atoms with E-state index in [2.05, 4.69) is 41.4 Å². The lowest BCUT2D eigenvalue weighted by Crippen LogP contribution is -2.38. The number of benzene rings is 2. The lowest BCUT2D eigenvalue weighted by Gasteiger charge is -2.26. The van der Waals surface area contributed by atoms with Crippen LogP contribution in [0.1, 0.15) is 62.2 Å². The number of fused-ring (bicyclic) bond motifs is 1. The lowest BCUT2D eigenvalue weighted by atomic mass is 10.0. The maximum atomic E-state index is 12.9. The Balaban J connectivity index is 1.42. The Morgan fingerprint density at radius 2 is 1.90 bits per heavy atom. The van der Waals surface area contributed by atoms with E-state index in [4.69, 9.17) is 9.47 Å². The van der Waals surface area contributed by atoms with Crippen molar-refractivity contribution < 1.29 is 14.3 Å². The van der Waals surface area contributed by atoms with Gasteiger partial charge in [0.15, 0.2) is 11.5 Å². The number of carbonyl (C=O) groups is 1. The highest BCUT2D eigenvalue weighted by molar-refractivity contribution is 5.78. The number of amides is 1. The van der Waals surface area contributed by atoms with E-state index in [-0.39, 0.29) is 18.0 Å². The molecule has 1 fully saturated rings. The van der Waals surface area contributed by atoms with Gasteiger partial charge in [-0.15, -0.1) is 0 Å². The summed E-state index contributed by atoms with van der Waals surface area (Å²) in [5.41, 5.74) is 2.38. The van der Waals surface area contributed by atoms with Gasteiger partial charge in [-0.05, 0) is 49.1 Å². The Labute approximate surface area is 179 Å². The SMILES string of the molecule is CCC[C@@H](NC(=O)CN1CCC[C@@H]1c1ccc2c(c1)OCCCO2)c1ccccc1. The zero-order valence-electron chi connectivity index (χ0n) is 17.8. The van der Waals surface area contributed by atoms with Gasteiger partial charge in [-0.25, -0.2) is 0 Å². The molecule has 2 aliphatic rings. The molecule has 1 saturated heterocycles. The van der Waals surface area contributed by atoms with Gasteiger partial charge in [-0.1, -0.05) is 49.7 Å². The number of ether oxygens (including phenoxy) is 2. The first-order valence-corrected chi connectivity index (χ1v) is 11.2. The fourth-order valence-corrected chi connectivity index (χ4v) is 4.50. The van der Waals surface area contributed by atoms with Crippen molar-refractivity contribution >= 4 is 5.91 Å². The smallest absolute Gasteiger partial charge is 0.234 e. The highest BCUT2D eigenvalue weighted by Crippen LogP contribution is 2.37. The number of rotatable bonds is 7. The molecule has 2 heterocycles.